The Bertz CT molecular complexity index is 925. The normalized spacial score (nSPS) is 12.0. The first-order valence-electron chi connectivity index (χ1n) is 7.71. The minimum absolute atomic E-state index is 0.0281. The van der Waals surface area contributed by atoms with Crippen LogP contribution in [0, 0.1) is 0 Å². The number of aromatic nitrogens is 1. The Morgan fingerprint density at radius 3 is 2.46 bits per heavy atom. The van der Waals surface area contributed by atoms with Crippen molar-refractivity contribution in [1.82, 2.24) is 15.0 Å². The summed E-state index contributed by atoms with van der Waals surface area (Å²) in [7, 11) is -3.73. The fourth-order valence-corrected chi connectivity index (χ4v) is 4.12. The number of halogens is 2. The van der Waals surface area contributed by atoms with Crippen molar-refractivity contribution in [2.24, 2.45) is 0 Å². The van der Waals surface area contributed by atoms with Gasteiger partial charge in [0.15, 0.2) is 0 Å². The summed E-state index contributed by atoms with van der Waals surface area (Å²) in [4.78, 5) is 16.2. The molecule has 2 rings (SSSR count). The van der Waals surface area contributed by atoms with Gasteiger partial charge in [-0.2, -0.15) is 0 Å². The summed E-state index contributed by atoms with van der Waals surface area (Å²) >= 11 is 11.6. The van der Waals surface area contributed by atoms with Crippen molar-refractivity contribution in [2.75, 3.05) is 0 Å². The standard InChI is InChI=1S/C17H19Cl2N3O3S/c1-17(2,3)22-26(24,25)14-7-5-4-6-11(14)9-21-16(23)12-8-13(18)15(19)20-10-12/h4-8,10,22H,9H2,1-3H3,(H,21,23). The molecule has 0 aliphatic heterocycles. The summed E-state index contributed by atoms with van der Waals surface area (Å²) in [5.41, 5.74) is 0.0687. The molecule has 1 aromatic carbocycles. The van der Waals surface area contributed by atoms with Crippen molar-refractivity contribution >= 4 is 39.1 Å². The molecular formula is C17H19Cl2N3O3S. The quantitative estimate of drug-likeness (QED) is 0.732. The molecule has 1 amide bonds. The van der Waals surface area contributed by atoms with Gasteiger partial charge in [0.1, 0.15) is 5.15 Å². The SMILES string of the molecule is CC(C)(C)NS(=O)(=O)c1ccccc1CNC(=O)c1cnc(Cl)c(Cl)c1. The van der Waals surface area contributed by atoms with Crippen LogP contribution in [0.2, 0.25) is 10.2 Å². The van der Waals surface area contributed by atoms with E-state index in [1.54, 1.807) is 39.0 Å². The van der Waals surface area contributed by atoms with Gasteiger partial charge in [-0.05, 0) is 38.5 Å². The number of benzene rings is 1. The zero-order chi connectivity index (χ0) is 19.5. The monoisotopic (exact) mass is 415 g/mol. The van der Waals surface area contributed by atoms with Crippen molar-refractivity contribution in [2.45, 2.75) is 37.8 Å². The van der Waals surface area contributed by atoms with Crippen LogP contribution >= 0.6 is 23.2 Å². The van der Waals surface area contributed by atoms with Crippen LogP contribution in [0.5, 0.6) is 0 Å². The minimum atomic E-state index is -3.73. The van der Waals surface area contributed by atoms with E-state index in [2.05, 4.69) is 15.0 Å². The molecule has 0 aliphatic rings. The molecule has 0 atom stereocenters. The Morgan fingerprint density at radius 2 is 1.85 bits per heavy atom. The maximum atomic E-state index is 12.6. The van der Waals surface area contributed by atoms with Crippen LogP contribution in [0.4, 0.5) is 0 Å². The van der Waals surface area contributed by atoms with Gasteiger partial charge < -0.3 is 5.32 Å². The van der Waals surface area contributed by atoms with Crippen LogP contribution in [0.25, 0.3) is 0 Å². The van der Waals surface area contributed by atoms with Crippen molar-refractivity contribution in [3.8, 4) is 0 Å². The molecule has 2 aromatic rings. The zero-order valence-corrected chi connectivity index (χ0v) is 16.8. The lowest BCUT2D eigenvalue weighted by molar-refractivity contribution is 0.0950. The predicted molar refractivity (Wildman–Crippen MR) is 102 cm³/mol. The average molecular weight is 416 g/mol. The number of sulfonamides is 1. The largest absolute Gasteiger partial charge is 0.348 e. The summed E-state index contributed by atoms with van der Waals surface area (Å²) in [6.07, 6.45) is 1.30. The Hall–Kier alpha value is -1.67. The number of amides is 1. The Morgan fingerprint density at radius 1 is 1.19 bits per heavy atom. The minimum Gasteiger partial charge on any atom is -0.348 e. The fourth-order valence-electron chi connectivity index (χ4n) is 2.19. The van der Waals surface area contributed by atoms with Gasteiger partial charge in [0.25, 0.3) is 5.91 Å². The van der Waals surface area contributed by atoms with Gasteiger partial charge in [0.2, 0.25) is 10.0 Å². The molecule has 0 saturated heterocycles. The molecule has 1 heterocycles. The molecule has 0 aliphatic carbocycles. The summed E-state index contributed by atoms with van der Waals surface area (Å²) in [6.45, 7) is 5.30. The molecule has 0 fully saturated rings. The van der Waals surface area contributed by atoms with E-state index in [1.165, 1.54) is 18.3 Å². The van der Waals surface area contributed by atoms with Gasteiger partial charge in [-0.3, -0.25) is 4.79 Å². The van der Waals surface area contributed by atoms with Gasteiger partial charge in [-0.1, -0.05) is 41.4 Å². The lowest BCUT2D eigenvalue weighted by Gasteiger charge is -2.21. The molecule has 26 heavy (non-hydrogen) atoms. The predicted octanol–water partition coefficient (Wildman–Crippen LogP) is 3.40. The highest BCUT2D eigenvalue weighted by Crippen LogP contribution is 2.20. The summed E-state index contributed by atoms with van der Waals surface area (Å²) in [5, 5.41) is 2.93. The number of carbonyl (C=O) groups excluding carboxylic acids is 1. The average Bonchev–Trinajstić information content (AvgIpc) is 2.53. The highest BCUT2D eigenvalue weighted by Gasteiger charge is 2.24. The third kappa shape index (κ3) is 5.41. The van der Waals surface area contributed by atoms with Gasteiger partial charge in [0.05, 0.1) is 15.5 Å². The van der Waals surface area contributed by atoms with Gasteiger partial charge in [0, 0.05) is 18.3 Å². The lowest BCUT2D eigenvalue weighted by Crippen LogP contribution is -2.41. The Kier molecular flexibility index (Phi) is 6.29. The first-order valence-corrected chi connectivity index (χ1v) is 9.95. The van der Waals surface area contributed by atoms with E-state index >= 15 is 0 Å². The molecule has 0 spiro atoms. The van der Waals surface area contributed by atoms with Crippen LogP contribution in [-0.4, -0.2) is 24.8 Å². The number of rotatable bonds is 5. The number of hydrogen-bond donors (Lipinski definition) is 2. The van der Waals surface area contributed by atoms with Crippen LogP contribution in [0.3, 0.4) is 0 Å². The topological polar surface area (TPSA) is 88.2 Å². The second-order valence-corrected chi connectivity index (χ2v) is 9.06. The third-order valence-electron chi connectivity index (χ3n) is 3.20. The highest BCUT2D eigenvalue weighted by atomic mass is 35.5. The van der Waals surface area contributed by atoms with Crippen LogP contribution < -0.4 is 10.0 Å². The van der Waals surface area contributed by atoms with Crippen LogP contribution in [0.15, 0.2) is 41.4 Å². The Balaban J connectivity index is 2.20. The molecule has 0 radical (unpaired) electrons. The van der Waals surface area contributed by atoms with Gasteiger partial charge >= 0.3 is 0 Å². The molecule has 0 unspecified atom stereocenters. The number of hydrogen-bond acceptors (Lipinski definition) is 4. The van der Waals surface area contributed by atoms with Crippen LogP contribution in [0.1, 0.15) is 36.7 Å². The lowest BCUT2D eigenvalue weighted by atomic mass is 10.1. The molecular weight excluding hydrogens is 397 g/mol. The first kappa shape index (κ1) is 20.6. The van der Waals surface area contributed by atoms with Crippen molar-refractivity contribution < 1.29 is 13.2 Å². The third-order valence-corrected chi connectivity index (χ3v) is 5.74. The van der Waals surface area contributed by atoms with E-state index in [1.807, 2.05) is 0 Å². The van der Waals surface area contributed by atoms with Crippen molar-refractivity contribution in [3.63, 3.8) is 0 Å². The van der Waals surface area contributed by atoms with E-state index in [0.717, 1.165) is 0 Å². The number of carbonyl (C=O) groups is 1. The molecule has 6 nitrogen and oxygen atoms in total. The number of nitrogens with zero attached hydrogens (tertiary/aromatic N) is 1. The van der Waals surface area contributed by atoms with Crippen molar-refractivity contribution in [1.29, 1.82) is 0 Å². The fraction of sp³-hybridized carbons (Fsp3) is 0.294. The second-order valence-electron chi connectivity index (χ2n) is 6.64. The number of pyridine rings is 1. The molecule has 0 bridgehead atoms. The van der Waals surface area contributed by atoms with E-state index in [9.17, 15) is 13.2 Å². The summed E-state index contributed by atoms with van der Waals surface area (Å²) in [6, 6.07) is 7.88. The summed E-state index contributed by atoms with van der Waals surface area (Å²) < 4.78 is 27.8. The molecule has 2 N–H and O–H groups in total. The van der Waals surface area contributed by atoms with E-state index < -0.39 is 21.5 Å². The van der Waals surface area contributed by atoms with Crippen LogP contribution in [-0.2, 0) is 16.6 Å². The smallest absolute Gasteiger partial charge is 0.253 e. The first-order chi connectivity index (χ1) is 12.0. The van der Waals surface area contributed by atoms with Crippen molar-refractivity contribution in [3.05, 3.63) is 57.8 Å². The maximum absolute atomic E-state index is 12.6. The molecule has 140 valence electrons. The number of nitrogens with one attached hydrogen (secondary N) is 2. The molecule has 9 heteroatoms. The molecule has 0 saturated carbocycles. The summed E-state index contributed by atoms with van der Waals surface area (Å²) in [5.74, 6) is -0.438. The highest BCUT2D eigenvalue weighted by molar-refractivity contribution is 7.89. The maximum Gasteiger partial charge on any atom is 0.253 e. The van der Waals surface area contributed by atoms with E-state index in [0.29, 0.717) is 5.56 Å². The molecule has 1 aromatic heterocycles. The zero-order valence-electron chi connectivity index (χ0n) is 14.5. The second kappa shape index (κ2) is 7.92. The van der Waals surface area contributed by atoms with E-state index in [4.69, 9.17) is 23.2 Å². The Labute approximate surface area is 163 Å². The van der Waals surface area contributed by atoms with E-state index in [-0.39, 0.29) is 27.2 Å². The van der Waals surface area contributed by atoms with Gasteiger partial charge in [-0.15, -0.1) is 0 Å². The van der Waals surface area contributed by atoms with Gasteiger partial charge in [-0.25, -0.2) is 18.1 Å².